The maximum atomic E-state index is 12.6. The number of piperidine rings is 1. The first-order chi connectivity index (χ1) is 10.2. The van der Waals surface area contributed by atoms with E-state index in [-0.39, 0.29) is 11.8 Å². The van der Waals surface area contributed by atoms with Gasteiger partial charge in [0.2, 0.25) is 5.91 Å². The van der Waals surface area contributed by atoms with Crippen molar-refractivity contribution in [3.8, 4) is 0 Å². The summed E-state index contributed by atoms with van der Waals surface area (Å²) >= 11 is 7.27. The normalized spacial score (nSPS) is 24.2. The molecule has 2 fully saturated rings. The van der Waals surface area contributed by atoms with Crippen LogP contribution in [0.3, 0.4) is 0 Å². The van der Waals surface area contributed by atoms with Crippen LogP contribution in [-0.4, -0.2) is 64.7 Å². The van der Waals surface area contributed by atoms with E-state index in [0.717, 1.165) is 44.7 Å². The van der Waals surface area contributed by atoms with Crippen molar-refractivity contribution in [3.63, 3.8) is 0 Å². The summed E-state index contributed by atoms with van der Waals surface area (Å²) in [5, 5.41) is 4.05. The number of morpholine rings is 1. The van der Waals surface area contributed by atoms with Crippen LogP contribution in [0.25, 0.3) is 0 Å². The Hall–Kier alpha value is -0.760. The number of carbonyl (C=O) groups excluding carboxylic acids is 1. The molecule has 0 aromatic carbocycles. The first-order valence-corrected chi connectivity index (χ1v) is 8.45. The van der Waals surface area contributed by atoms with Gasteiger partial charge in [0.05, 0.1) is 19.1 Å². The molecular formula is C13H19ClN4O2S. The number of rotatable bonds is 3. The minimum absolute atomic E-state index is 0.0854. The van der Waals surface area contributed by atoms with Crippen LogP contribution in [0.1, 0.15) is 18.5 Å². The van der Waals surface area contributed by atoms with Crippen molar-refractivity contribution < 1.29 is 9.53 Å². The smallest absolute Gasteiger partial charge is 0.227 e. The van der Waals surface area contributed by atoms with Crippen LogP contribution in [0.4, 0.5) is 0 Å². The Morgan fingerprint density at radius 1 is 1.38 bits per heavy atom. The number of likely N-dealkylation sites (tertiary alicyclic amines) is 1. The molecule has 3 rings (SSSR count). The summed E-state index contributed by atoms with van der Waals surface area (Å²) in [5.41, 5.74) is 0.820. The van der Waals surface area contributed by atoms with Crippen molar-refractivity contribution >= 4 is 29.0 Å². The molecule has 21 heavy (non-hydrogen) atoms. The summed E-state index contributed by atoms with van der Waals surface area (Å²) in [6, 6.07) is 0. The Kier molecular flexibility index (Phi) is 5.05. The van der Waals surface area contributed by atoms with Gasteiger partial charge in [-0.25, -0.2) is 0 Å². The van der Waals surface area contributed by atoms with Crippen molar-refractivity contribution in [2.75, 3.05) is 39.4 Å². The van der Waals surface area contributed by atoms with Gasteiger partial charge in [-0.2, -0.15) is 0 Å². The second-order valence-corrected chi connectivity index (χ2v) is 6.86. The van der Waals surface area contributed by atoms with Gasteiger partial charge in [0.25, 0.3) is 0 Å². The maximum Gasteiger partial charge on any atom is 0.227 e. The summed E-state index contributed by atoms with van der Waals surface area (Å²) in [6.45, 7) is 5.20. The van der Waals surface area contributed by atoms with E-state index in [9.17, 15) is 4.79 Å². The zero-order chi connectivity index (χ0) is 14.7. The molecule has 1 amide bonds. The molecular weight excluding hydrogens is 312 g/mol. The van der Waals surface area contributed by atoms with E-state index < -0.39 is 0 Å². The fraction of sp³-hybridized carbons (Fsp3) is 0.769. The zero-order valence-electron chi connectivity index (χ0n) is 11.8. The van der Waals surface area contributed by atoms with Crippen LogP contribution in [0.2, 0.25) is 4.34 Å². The quantitative estimate of drug-likeness (QED) is 0.835. The third-order valence-electron chi connectivity index (χ3n) is 4.06. The molecule has 0 N–H and O–H groups in total. The largest absolute Gasteiger partial charge is 0.378 e. The molecule has 0 radical (unpaired) electrons. The lowest BCUT2D eigenvalue weighted by Crippen LogP contribution is -2.48. The highest BCUT2D eigenvalue weighted by Crippen LogP contribution is 2.24. The lowest BCUT2D eigenvalue weighted by atomic mass is 9.96. The number of aromatic nitrogens is 2. The minimum atomic E-state index is 0.0854. The highest BCUT2D eigenvalue weighted by molar-refractivity contribution is 7.10. The van der Waals surface area contributed by atoms with Crippen molar-refractivity contribution in [1.29, 1.82) is 0 Å². The Balaban J connectivity index is 1.57. The highest BCUT2D eigenvalue weighted by atomic mass is 35.5. The number of amides is 1. The lowest BCUT2D eigenvalue weighted by molar-refractivity contribution is -0.141. The SMILES string of the molecule is O=C([C@H]1CCCN(Cc2nnsc2Cl)C1)N1CCOCC1. The van der Waals surface area contributed by atoms with Crippen molar-refractivity contribution in [2.24, 2.45) is 5.92 Å². The summed E-state index contributed by atoms with van der Waals surface area (Å²) in [6.07, 6.45) is 2.01. The van der Waals surface area contributed by atoms with Gasteiger partial charge in [0, 0.05) is 37.7 Å². The standard InChI is InChI=1S/C13H19ClN4O2S/c14-12-11(15-16-21-12)9-17-3-1-2-10(8-17)13(19)18-4-6-20-7-5-18/h10H,1-9H2/t10-/m0/s1. The minimum Gasteiger partial charge on any atom is -0.378 e. The third-order valence-corrected chi connectivity index (χ3v) is 5.04. The van der Waals surface area contributed by atoms with Crippen LogP contribution in [0.5, 0.6) is 0 Å². The van der Waals surface area contributed by atoms with Gasteiger partial charge >= 0.3 is 0 Å². The molecule has 8 heteroatoms. The Labute approximate surface area is 133 Å². The molecule has 2 saturated heterocycles. The molecule has 0 saturated carbocycles. The molecule has 1 aromatic heterocycles. The molecule has 2 aliphatic rings. The van der Waals surface area contributed by atoms with E-state index in [1.165, 1.54) is 11.5 Å². The van der Waals surface area contributed by atoms with Gasteiger partial charge in [0.1, 0.15) is 10.0 Å². The van der Waals surface area contributed by atoms with Crippen LogP contribution in [0.15, 0.2) is 0 Å². The summed E-state index contributed by atoms with van der Waals surface area (Å²) in [5.74, 6) is 0.354. The first-order valence-electron chi connectivity index (χ1n) is 7.29. The number of carbonyl (C=O) groups is 1. The molecule has 0 spiro atoms. The van der Waals surface area contributed by atoms with E-state index in [1.807, 2.05) is 4.90 Å². The van der Waals surface area contributed by atoms with Crippen molar-refractivity contribution in [3.05, 3.63) is 10.0 Å². The molecule has 6 nitrogen and oxygen atoms in total. The van der Waals surface area contributed by atoms with Crippen LogP contribution >= 0.6 is 23.1 Å². The number of hydrogen-bond donors (Lipinski definition) is 0. The molecule has 0 unspecified atom stereocenters. The Morgan fingerprint density at radius 3 is 2.90 bits per heavy atom. The van der Waals surface area contributed by atoms with E-state index in [0.29, 0.717) is 24.1 Å². The van der Waals surface area contributed by atoms with Crippen molar-refractivity contribution in [2.45, 2.75) is 19.4 Å². The van der Waals surface area contributed by atoms with Gasteiger partial charge < -0.3 is 9.64 Å². The average molecular weight is 331 g/mol. The van der Waals surface area contributed by atoms with E-state index in [4.69, 9.17) is 16.3 Å². The fourth-order valence-electron chi connectivity index (χ4n) is 2.95. The molecule has 0 bridgehead atoms. The third kappa shape index (κ3) is 3.71. The first kappa shape index (κ1) is 15.1. The molecule has 3 heterocycles. The zero-order valence-corrected chi connectivity index (χ0v) is 13.4. The Morgan fingerprint density at radius 2 is 2.19 bits per heavy atom. The highest BCUT2D eigenvalue weighted by Gasteiger charge is 2.30. The number of ether oxygens (including phenoxy) is 1. The van der Waals surface area contributed by atoms with Gasteiger partial charge in [-0.05, 0) is 19.4 Å². The fourth-order valence-corrected chi connectivity index (χ4v) is 3.56. The second-order valence-electron chi connectivity index (χ2n) is 5.51. The molecule has 0 aliphatic carbocycles. The van der Waals surface area contributed by atoms with Crippen LogP contribution in [0, 0.1) is 5.92 Å². The van der Waals surface area contributed by atoms with E-state index >= 15 is 0 Å². The second kappa shape index (κ2) is 7.00. The van der Waals surface area contributed by atoms with Gasteiger partial charge in [-0.3, -0.25) is 9.69 Å². The molecule has 116 valence electrons. The average Bonchev–Trinajstić information content (AvgIpc) is 2.93. The molecule has 1 aromatic rings. The molecule has 1 atom stereocenters. The van der Waals surface area contributed by atoms with Gasteiger partial charge in [-0.15, -0.1) is 5.10 Å². The Bertz CT molecular complexity index is 492. The van der Waals surface area contributed by atoms with E-state index in [1.54, 1.807) is 0 Å². The van der Waals surface area contributed by atoms with Gasteiger partial charge in [0.15, 0.2) is 0 Å². The topological polar surface area (TPSA) is 58.6 Å². The van der Waals surface area contributed by atoms with Crippen LogP contribution in [-0.2, 0) is 16.1 Å². The number of halogens is 1. The molecule has 2 aliphatic heterocycles. The predicted octanol–water partition coefficient (Wildman–Crippen LogP) is 1.26. The summed E-state index contributed by atoms with van der Waals surface area (Å²) in [7, 11) is 0. The predicted molar refractivity (Wildman–Crippen MR) is 80.3 cm³/mol. The summed E-state index contributed by atoms with van der Waals surface area (Å²) < 4.78 is 9.82. The van der Waals surface area contributed by atoms with Gasteiger partial charge in [-0.1, -0.05) is 16.1 Å². The monoisotopic (exact) mass is 330 g/mol. The maximum absolute atomic E-state index is 12.6. The van der Waals surface area contributed by atoms with Crippen molar-refractivity contribution in [1.82, 2.24) is 19.4 Å². The number of nitrogens with zero attached hydrogens (tertiary/aromatic N) is 4. The van der Waals surface area contributed by atoms with E-state index in [2.05, 4.69) is 14.5 Å². The number of hydrogen-bond acceptors (Lipinski definition) is 6. The summed E-state index contributed by atoms with van der Waals surface area (Å²) in [4.78, 5) is 16.8. The van der Waals surface area contributed by atoms with Crippen LogP contribution < -0.4 is 0 Å². The lowest BCUT2D eigenvalue weighted by Gasteiger charge is -2.35.